The Kier molecular flexibility index (Phi) is 28.5. The van der Waals surface area contributed by atoms with Crippen LogP contribution in [0.3, 0.4) is 0 Å². The zero-order valence-electron chi connectivity index (χ0n) is 15.8. The first-order valence-corrected chi connectivity index (χ1v) is 8.21. The van der Waals surface area contributed by atoms with E-state index in [4.69, 9.17) is 0 Å². The number of hydrogen-bond donors (Lipinski definition) is 1. The maximum atomic E-state index is 3.56. The first kappa shape index (κ1) is 33.0. The Morgan fingerprint density at radius 3 is 1.71 bits per heavy atom. The van der Waals surface area contributed by atoms with Gasteiger partial charge < -0.3 is 57.2 Å². The second kappa shape index (κ2) is 20.7. The maximum Gasteiger partial charge on any atom is 4.00 e. The smallest absolute Gasteiger partial charge is 1.00 e. The van der Waals surface area contributed by atoms with Crippen LogP contribution in [0, 0.1) is 6.04 Å². The molecule has 0 aromatic carbocycles. The van der Waals surface area contributed by atoms with Crippen LogP contribution < -0.4 is 42.5 Å². The number of nitrogens with zero attached hydrogens (tertiary/aromatic N) is 3. The molecule has 1 rings (SSSR count). The normalized spacial score (nSPS) is 21.5. The van der Waals surface area contributed by atoms with Gasteiger partial charge in [0.1, 0.15) is 0 Å². The SMILES string of the molecule is C[C-]1CCN(C)CCCNCCCN(C)CCCN1C.[Cl-].[Cl-].[Cl-].[Ti+4]. The van der Waals surface area contributed by atoms with Crippen molar-refractivity contribution < 1.29 is 58.9 Å². The summed E-state index contributed by atoms with van der Waals surface area (Å²) in [7, 11) is 6.72. The van der Waals surface area contributed by atoms with Crippen molar-refractivity contribution in [2.75, 3.05) is 67.0 Å². The van der Waals surface area contributed by atoms with Crippen molar-refractivity contribution in [3.05, 3.63) is 6.04 Å². The fourth-order valence-corrected chi connectivity index (χ4v) is 2.61. The van der Waals surface area contributed by atoms with E-state index in [1.807, 2.05) is 0 Å². The monoisotopic (exact) mass is 436 g/mol. The first-order valence-electron chi connectivity index (χ1n) is 8.21. The summed E-state index contributed by atoms with van der Waals surface area (Å²) in [5.74, 6) is 0. The van der Waals surface area contributed by atoms with E-state index in [1.165, 1.54) is 64.4 Å². The molecule has 0 saturated carbocycles. The quantitative estimate of drug-likeness (QED) is 0.300. The number of rotatable bonds is 0. The van der Waals surface area contributed by atoms with Crippen molar-refractivity contribution in [1.29, 1.82) is 0 Å². The van der Waals surface area contributed by atoms with Gasteiger partial charge in [0.2, 0.25) is 0 Å². The molecule has 1 saturated heterocycles. The number of nitrogens with one attached hydrogen (secondary N) is 1. The molecule has 0 bridgehead atoms. The van der Waals surface area contributed by atoms with Gasteiger partial charge in [0.05, 0.1) is 0 Å². The number of hydrogen-bond acceptors (Lipinski definition) is 4. The second-order valence-electron chi connectivity index (χ2n) is 6.32. The summed E-state index contributed by atoms with van der Waals surface area (Å²) >= 11 is 0. The largest absolute Gasteiger partial charge is 4.00 e. The summed E-state index contributed by atoms with van der Waals surface area (Å²) in [6, 6.07) is 1.52. The molecule has 4 nitrogen and oxygen atoms in total. The van der Waals surface area contributed by atoms with E-state index in [2.05, 4.69) is 48.1 Å². The summed E-state index contributed by atoms with van der Waals surface area (Å²) in [5, 5.41) is 3.56. The van der Waals surface area contributed by atoms with Gasteiger partial charge in [0.25, 0.3) is 0 Å². The minimum Gasteiger partial charge on any atom is -1.00 e. The van der Waals surface area contributed by atoms with Crippen LogP contribution in [-0.4, -0.2) is 81.7 Å². The second-order valence-corrected chi connectivity index (χ2v) is 6.32. The minimum atomic E-state index is 0. The van der Waals surface area contributed by atoms with E-state index >= 15 is 0 Å². The standard InChI is InChI=1S/C16H35N4.3ClH.Ti/c1-16-8-15-19(3)12-6-10-17-9-5-11-18(2)13-7-14-20(16)4;;;;/h17H,5-15H2,1-4H3;3*1H;/q-1;;;;+4/p-3. The van der Waals surface area contributed by atoms with Gasteiger partial charge >= 0.3 is 21.7 Å². The van der Waals surface area contributed by atoms with Crippen molar-refractivity contribution in [3.63, 3.8) is 0 Å². The fraction of sp³-hybridized carbons (Fsp3) is 0.938. The van der Waals surface area contributed by atoms with Crippen molar-refractivity contribution in [1.82, 2.24) is 20.0 Å². The van der Waals surface area contributed by atoms with E-state index in [0.717, 1.165) is 13.1 Å². The Morgan fingerprint density at radius 1 is 0.708 bits per heavy atom. The summed E-state index contributed by atoms with van der Waals surface area (Å²) in [6.45, 7) is 10.6. The molecule has 0 unspecified atom stereocenters. The number of halogens is 3. The Balaban J connectivity index is -0.000000500. The van der Waals surface area contributed by atoms with Crippen LogP contribution in [0.25, 0.3) is 0 Å². The predicted molar refractivity (Wildman–Crippen MR) is 87.9 cm³/mol. The van der Waals surface area contributed by atoms with Crippen molar-refractivity contribution in [2.24, 2.45) is 0 Å². The van der Waals surface area contributed by atoms with E-state index in [-0.39, 0.29) is 58.9 Å². The molecule has 8 heteroatoms. The van der Waals surface area contributed by atoms with Gasteiger partial charge in [-0.15, -0.1) is 0 Å². The van der Waals surface area contributed by atoms with Gasteiger partial charge in [0.15, 0.2) is 0 Å². The molecule has 1 aliphatic rings. The molecule has 0 radical (unpaired) electrons. The third-order valence-electron chi connectivity index (χ3n) is 4.33. The van der Waals surface area contributed by atoms with Crippen molar-refractivity contribution >= 4 is 0 Å². The van der Waals surface area contributed by atoms with Crippen LogP contribution in [-0.2, 0) is 21.7 Å². The summed E-state index contributed by atoms with van der Waals surface area (Å²) < 4.78 is 0. The third kappa shape index (κ3) is 16.9. The topological polar surface area (TPSA) is 21.8 Å². The van der Waals surface area contributed by atoms with Crippen molar-refractivity contribution in [2.45, 2.75) is 32.6 Å². The van der Waals surface area contributed by atoms with E-state index in [1.54, 1.807) is 0 Å². The Morgan fingerprint density at radius 2 is 1.17 bits per heavy atom. The Hall–Kier alpha value is 1.42. The molecule has 0 atom stereocenters. The molecule has 0 aliphatic carbocycles. The van der Waals surface area contributed by atoms with Crippen LogP contribution in [0.5, 0.6) is 0 Å². The van der Waals surface area contributed by atoms with Crippen LogP contribution in [0.15, 0.2) is 0 Å². The first-order chi connectivity index (χ1) is 9.59. The van der Waals surface area contributed by atoms with Gasteiger partial charge in [-0.2, -0.15) is 13.3 Å². The predicted octanol–water partition coefficient (Wildman–Crippen LogP) is -7.49. The molecule has 0 aromatic heterocycles. The minimum absolute atomic E-state index is 0. The maximum absolute atomic E-state index is 3.56. The molecular formula is C16H35Cl3N4Ti. The Labute approximate surface area is 184 Å². The van der Waals surface area contributed by atoms with Gasteiger partial charge in [-0.25, -0.2) is 0 Å². The Bertz CT molecular complexity index is 253. The van der Waals surface area contributed by atoms with Crippen LogP contribution in [0.1, 0.15) is 32.6 Å². The van der Waals surface area contributed by atoms with Crippen LogP contribution >= 0.6 is 0 Å². The van der Waals surface area contributed by atoms with E-state index < -0.39 is 0 Å². The molecule has 1 heterocycles. The average molecular weight is 438 g/mol. The van der Waals surface area contributed by atoms with Gasteiger partial charge in [-0.3, -0.25) is 6.04 Å². The van der Waals surface area contributed by atoms with Crippen molar-refractivity contribution in [3.8, 4) is 0 Å². The molecule has 1 aliphatic heterocycles. The van der Waals surface area contributed by atoms with Crippen LogP contribution in [0.2, 0.25) is 0 Å². The van der Waals surface area contributed by atoms with E-state index in [9.17, 15) is 0 Å². The van der Waals surface area contributed by atoms with Gasteiger partial charge in [0, 0.05) is 0 Å². The molecule has 0 spiro atoms. The summed E-state index contributed by atoms with van der Waals surface area (Å²) in [5.41, 5.74) is 0. The zero-order chi connectivity index (χ0) is 14.8. The molecule has 1 N–H and O–H groups in total. The molecule has 144 valence electrons. The average Bonchev–Trinajstić information content (AvgIpc) is 2.42. The molecular weight excluding hydrogens is 402 g/mol. The fourth-order valence-electron chi connectivity index (χ4n) is 2.61. The van der Waals surface area contributed by atoms with Crippen LogP contribution in [0.4, 0.5) is 0 Å². The molecule has 1 fully saturated rings. The van der Waals surface area contributed by atoms with E-state index in [0.29, 0.717) is 0 Å². The molecule has 0 amide bonds. The summed E-state index contributed by atoms with van der Waals surface area (Å²) in [6.07, 6.45) is 4.96. The molecule has 24 heavy (non-hydrogen) atoms. The third-order valence-corrected chi connectivity index (χ3v) is 4.33. The summed E-state index contributed by atoms with van der Waals surface area (Å²) in [4.78, 5) is 7.36. The van der Waals surface area contributed by atoms with Gasteiger partial charge in [-0.05, 0) is 86.2 Å². The molecule has 0 aromatic rings. The zero-order valence-corrected chi connectivity index (χ0v) is 19.6. The van der Waals surface area contributed by atoms with Gasteiger partial charge in [-0.1, -0.05) is 0 Å².